The lowest BCUT2D eigenvalue weighted by Crippen LogP contribution is -2.49. The first-order valence-electron chi connectivity index (χ1n) is 8.50. The van der Waals surface area contributed by atoms with E-state index in [0.29, 0.717) is 30.3 Å². The Bertz CT molecular complexity index is 526. The standard InChI is InChI=1S/C17H27N3O2/c1-10-15(20-11(2)22-10)6-7-19-17(21)14-8-12-4-3-5-13(9-14)16(12)18/h12-14,16H,3-9,18H2,1-2H3,(H,19,21). The van der Waals surface area contributed by atoms with Crippen LogP contribution in [0, 0.1) is 31.6 Å². The molecule has 3 rings (SSSR count). The van der Waals surface area contributed by atoms with E-state index >= 15 is 0 Å². The molecule has 5 nitrogen and oxygen atoms in total. The molecule has 1 heterocycles. The van der Waals surface area contributed by atoms with Crippen LogP contribution in [0.2, 0.25) is 0 Å². The van der Waals surface area contributed by atoms with Gasteiger partial charge in [0.25, 0.3) is 0 Å². The third-order valence-corrected chi connectivity index (χ3v) is 5.44. The van der Waals surface area contributed by atoms with Crippen LogP contribution in [0.15, 0.2) is 4.42 Å². The van der Waals surface area contributed by atoms with E-state index in [1.54, 1.807) is 0 Å². The average Bonchev–Trinajstić information content (AvgIpc) is 2.76. The molecule has 22 heavy (non-hydrogen) atoms. The number of hydrogen-bond donors (Lipinski definition) is 2. The van der Waals surface area contributed by atoms with Gasteiger partial charge in [0.2, 0.25) is 5.91 Å². The highest BCUT2D eigenvalue weighted by molar-refractivity contribution is 5.78. The van der Waals surface area contributed by atoms with Gasteiger partial charge in [0.15, 0.2) is 5.89 Å². The van der Waals surface area contributed by atoms with Crippen LogP contribution < -0.4 is 11.1 Å². The summed E-state index contributed by atoms with van der Waals surface area (Å²) in [5.41, 5.74) is 7.24. The summed E-state index contributed by atoms with van der Waals surface area (Å²) >= 11 is 0. The highest BCUT2D eigenvalue weighted by atomic mass is 16.4. The van der Waals surface area contributed by atoms with Gasteiger partial charge in [0, 0.05) is 31.8 Å². The second-order valence-electron chi connectivity index (χ2n) is 6.97. The first-order valence-corrected chi connectivity index (χ1v) is 8.50. The number of oxazole rings is 1. The van der Waals surface area contributed by atoms with Crippen molar-refractivity contribution in [2.45, 2.75) is 58.4 Å². The number of amides is 1. The summed E-state index contributed by atoms with van der Waals surface area (Å²) in [6.07, 6.45) is 6.32. The molecule has 2 unspecified atom stereocenters. The second kappa shape index (κ2) is 6.41. The molecule has 3 N–H and O–H groups in total. The van der Waals surface area contributed by atoms with Gasteiger partial charge in [-0.05, 0) is 44.4 Å². The molecule has 2 fully saturated rings. The Labute approximate surface area is 132 Å². The Morgan fingerprint density at radius 1 is 1.32 bits per heavy atom. The number of carbonyl (C=O) groups is 1. The number of aromatic nitrogens is 1. The van der Waals surface area contributed by atoms with Crippen molar-refractivity contribution in [2.24, 2.45) is 23.5 Å². The molecule has 2 saturated carbocycles. The average molecular weight is 305 g/mol. The minimum atomic E-state index is 0.148. The summed E-state index contributed by atoms with van der Waals surface area (Å²) in [5, 5.41) is 3.08. The molecule has 0 spiro atoms. The normalized spacial score (nSPS) is 31.0. The van der Waals surface area contributed by atoms with Crippen molar-refractivity contribution in [3.8, 4) is 0 Å². The lowest BCUT2D eigenvalue weighted by atomic mass is 9.65. The van der Waals surface area contributed by atoms with Crippen LogP contribution in [0.3, 0.4) is 0 Å². The van der Waals surface area contributed by atoms with Crippen LogP contribution in [0.4, 0.5) is 0 Å². The molecule has 0 aromatic carbocycles. The molecule has 5 heteroatoms. The monoisotopic (exact) mass is 305 g/mol. The molecule has 2 aliphatic carbocycles. The van der Waals surface area contributed by atoms with E-state index < -0.39 is 0 Å². The summed E-state index contributed by atoms with van der Waals surface area (Å²) in [6, 6.07) is 0.318. The van der Waals surface area contributed by atoms with Gasteiger partial charge in [-0.25, -0.2) is 4.98 Å². The number of rotatable bonds is 4. The number of aryl methyl sites for hydroxylation is 2. The fourth-order valence-corrected chi connectivity index (χ4v) is 4.26. The van der Waals surface area contributed by atoms with Gasteiger partial charge in [-0.3, -0.25) is 4.79 Å². The first kappa shape index (κ1) is 15.5. The zero-order valence-corrected chi connectivity index (χ0v) is 13.6. The molecule has 1 amide bonds. The van der Waals surface area contributed by atoms with Gasteiger partial charge >= 0.3 is 0 Å². The molecular formula is C17H27N3O2. The summed E-state index contributed by atoms with van der Waals surface area (Å²) in [4.78, 5) is 16.8. The molecule has 0 aliphatic heterocycles. The Kier molecular flexibility index (Phi) is 4.52. The van der Waals surface area contributed by atoms with Gasteiger partial charge in [0.1, 0.15) is 5.76 Å². The summed E-state index contributed by atoms with van der Waals surface area (Å²) in [5.74, 6) is 2.97. The Hall–Kier alpha value is -1.36. The fraction of sp³-hybridized carbons (Fsp3) is 0.765. The third-order valence-electron chi connectivity index (χ3n) is 5.44. The zero-order valence-electron chi connectivity index (χ0n) is 13.6. The van der Waals surface area contributed by atoms with E-state index in [1.807, 2.05) is 13.8 Å². The van der Waals surface area contributed by atoms with Crippen LogP contribution >= 0.6 is 0 Å². The smallest absolute Gasteiger partial charge is 0.223 e. The lowest BCUT2D eigenvalue weighted by molar-refractivity contribution is -0.127. The highest BCUT2D eigenvalue weighted by Crippen LogP contribution is 2.41. The number of nitrogens with one attached hydrogen (secondary N) is 1. The van der Waals surface area contributed by atoms with Gasteiger partial charge < -0.3 is 15.5 Å². The number of nitrogens with two attached hydrogens (primary N) is 1. The molecule has 2 bridgehead atoms. The Morgan fingerprint density at radius 3 is 2.59 bits per heavy atom. The summed E-state index contributed by atoms with van der Waals surface area (Å²) in [6.45, 7) is 4.39. The predicted octanol–water partition coefficient (Wildman–Crippen LogP) is 2.10. The van der Waals surface area contributed by atoms with E-state index in [0.717, 1.165) is 30.7 Å². The Morgan fingerprint density at radius 2 is 2.00 bits per heavy atom. The van der Waals surface area contributed by atoms with Crippen LogP contribution in [0.1, 0.15) is 49.4 Å². The molecule has 2 atom stereocenters. The molecule has 0 saturated heterocycles. The zero-order chi connectivity index (χ0) is 15.7. The quantitative estimate of drug-likeness (QED) is 0.892. The van der Waals surface area contributed by atoms with Crippen molar-refractivity contribution < 1.29 is 9.21 Å². The van der Waals surface area contributed by atoms with Gasteiger partial charge in [-0.1, -0.05) is 6.42 Å². The van der Waals surface area contributed by atoms with Crippen LogP contribution in [-0.2, 0) is 11.2 Å². The molecule has 1 aromatic heterocycles. The number of carbonyl (C=O) groups excluding carboxylic acids is 1. The molecule has 0 radical (unpaired) electrons. The number of nitrogens with zero attached hydrogens (tertiary/aromatic N) is 1. The van der Waals surface area contributed by atoms with E-state index in [1.165, 1.54) is 19.3 Å². The van der Waals surface area contributed by atoms with Crippen molar-refractivity contribution in [1.82, 2.24) is 10.3 Å². The topological polar surface area (TPSA) is 81.2 Å². The van der Waals surface area contributed by atoms with Crippen molar-refractivity contribution in [3.05, 3.63) is 17.3 Å². The minimum absolute atomic E-state index is 0.148. The van der Waals surface area contributed by atoms with E-state index in [9.17, 15) is 4.79 Å². The Balaban J connectivity index is 1.49. The van der Waals surface area contributed by atoms with Gasteiger partial charge in [-0.15, -0.1) is 0 Å². The molecule has 2 aliphatic rings. The predicted molar refractivity (Wildman–Crippen MR) is 84.2 cm³/mol. The van der Waals surface area contributed by atoms with Crippen molar-refractivity contribution in [1.29, 1.82) is 0 Å². The second-order valence-corrected chi connectivity index (χ2v) is 6.97. The number of hydrogen-bond acceptors (Lipinski definition) is 4. The maximum atomic E-state index is 12.4. The van der Waals surface area contributed by atoms with E-state index in [2.05, 4.69) is 10.3 Å². The minimum Gasteiger partial charge on any atom is -0.446 e. The number of fused-ring (bicyclic) bond motifs is 2. The molecule has 1 aromatic rings. The van der Waals surface area contributed by atoms with Crippen LogP contribution in [-0.4, -0.2) is 23.5 Å². The summed E-state index contributed by atoms with van der Waals surface area (Å²) < 4.78 is 5.41. The van der Waals surface area contributed by atoms with Crippen LogP contribution in [0.25, 0.3) is 0 Å². The van der Waals surface area contributed by atoms with Crippen molar-refractivity contribution in [3.63, 3.8) is 0 Å². The molecular weight excluding hydrogens is 278 g/mol. The lowest BCUT2D eigenvalue weighted by Gasteiger charge is -2.43. The van der Waals surface area contributed by atoms with Gasteiger partial charge in [0.05, 0.1) is 5.69 Å². The third kappa shape index (κ3) is 3.19. The van der Waals surface area contributed by atoms with E-state index in [-0.39, 0.29) is 11.8 Å². The van der Waals surface area contributed by atoms with Gasteiger partial charge in [-0.2, -0.15) is 0 Å². The maximum Gasteiger partial charge on any atom is 0.223 e. The SMILES string of the molecule is Cc1nc(CCNC(=O)C2CC3CCCC(C2)C3N)c(C)o1. The highest BCUT2D eigenvalue weighted by Gasteiger charge is 2.40. The van der Waals surface area contributed by atoms with Crippen molar-refractivity contribution in [2.75, 3.05) is 6.54 Å². The maximum absolute atomic E-state index is 12.4. The first-order chi connectivity index (χ1) is 10.5. The molecule has 122 valence electrons. The largest absolute Gasteiger partial charge is 0.446 e. The van der Waals surface area contributed by atoms with Crippen LogP contribution in [0.5, 0.6) is 0 Å². The summed E-state index contributed by atoms with van der Waals surface area (Å²) in [7, 11) is 0. The van der Waals surface area contributed by atoms with Crippen molar-refractivity contribution >= 4 is 5.91 Å². The fourth-order valence-electron chi connectivity index (χ4n) is 4.26. The van der Waals surface area contributed by atoms with E-state index in [4.69, 9.17) is 10.2 Å².